The van der Waals surface area contributed by atoms with Gasteiger partial charge in [-0.15, -0.1) is 0 Å². The van der Waals surface area contributed by atoms with Gasteiger partial charge in [0.2, 0.25) is 5.91 Å². The first-order valence-electron chi connectivity index (χ1n) is 8.35. The van der Waals surface area contributed by atoms with E-state index in [2.05, 4.69) is 24.1 Å². The lowest BCUT2D eigenvalue weighted by molar-refractivity contribution is -0.126. The van der Waals surface area contributed by atoms with Crippen LogP contribution in [-0.4, -0.2) is 42.5 Å². The van der Waals surface area contributed by atoms with Crippen molar-refractivity contribution < 1.29 is 4.79 Å². The van der Waals surface area contributed by atoms with Crippen LogP contribution in [0.4, 0.5) is 0 Å². The van der Waals surface area contributed by atoms with Gasteiger partial charge >= 0.3 is 0 Å². The van der Waals surface area contributed by atoms with Gasteiger partial charge in [-0.3, -0.25) is 4.79 Å². The minimum absolute atomic E-state index is 0.145. The number of nitrogens with one attached hydrogen (secondary N) is 1. The number of likely N-dealkylation sites (tertiary alicyclic amines) is 1. The summed E-state index contributed by atoms with van der Waals surface area (Å²) >= 11 is 0. The van der Waals surface area contributed by atoms with Crippen LogP contribution in [0.2, 0.25) is 0 Å². The zero-order valence-corrected chi connectivity index (χ0v) is 13.2. The van der Waals surface area contributed by atoms with Gasteiger partial charge in [0.25, 0.3) is 0 Å². The van der Waals surface area contributed by atoms with Crippen LogP contribution in [0, 0.1) is 11.8 Å². The molecule has 0 spiro atoms. The van der Waals surface area contributed by atoms with Gasteiger partial charge in [0.15, 0.2) is 0 Å². The summed E-state index contributed by atoms with van der Waals surface area (Å²) in [5.41, 5.74) is 5.29. The van der Waals surface area contributed by atoms with Crippen LogP contribution in [0.1, 0.15) is 52.4 Å². The average Bonchev–Trinajstić information content (AvgIpc) is 2.81. The van der Waals surface area contributed by atoms with Crippen molar-refractivity contribution in [2.75, 3.05) is 26.2 Å². The molecule has 1 saturated carbocycles. The zero-order chi connectivity index (χ0) is 14.6. The summed E-state index contributed by atoms with van der Waals surface area (Å²) in [7, 11) is 0. The molecule has 1 aliphatic carbocycles. The van der Waals surface area contributed by atoms with Gasteiger partial charge in [-0.25, -0.2) is 0 Å². The van der Waals surface area contributed by atoms with E-state index in [4.69, 9.17) is 5.73 Å². The Labute approximate surface area is 123 Å². The molecule has 0 bridgehead atoms. The molecule has 4 nitrogen and oxygen atoms in total. The van der Waals surface area contributed by atoms with E-state index in [0.29, 0.717) is 5.92 Å². The molecule has 2 fully saturated rings. The van der Waals surface area contributed by atoms with Crippen molar-refractivity contribution in [3.63, 3.8) is 0 Å². The predicted molar refractivity (Wildman–Crippen MR) is 82.4 cm³/mol. The van der Waals surface area contributed by atoms with E-state index >= 15 is 0 Å². The van der Waals surface area contributed by atoms with Crippen molar-refractivity contribution >= 4 is 5.91 Å². The van der Waals surface area contributed by atoms with Gasteiger partial charge in [-0.05, 0) is 63.6 Å². The second-order valence-corrected chi connectivity index (χ2v) is 6.79. The van der Waals surface area contributed by atoms with Crippen LogP contribution in [0.3, 0.4) is 0 Å². The lowest BCUT2D eigenvalue weighted by atomic mass is 9.83. The second kappa shape index (κ2) is 6.90. The van der Waals surface area contributed by atoms with Crippen LogP contribution >= 0.6 is 0 Å². The van der Waals surface area contributed by atoms with Crippen molar-refractivity contribution in [3.8, 4) is 0 Å². The number of likely N-dealkylation sites (N-methyl/N-ethyl adjacent to an activating group) is 1. The molecule has 1 amide bonds. The monoisotopic (exact) mass is 281 g/mol. The van der Waals surface area contributed by atoms with Crippen LogP contribution in [0.25, 0.3) is 0 Å². The van der Waals surface area contributed by atoms with Crippen molar-refractivity contribution in [2.45, 2.75) is 57.9 Å². The molecule has 1 saturated heterocycles. The van der Waals surface area contributed by atoms with Gasteiger partial charge in [-0.1, -0.05) is 20.3 Å². The maximum absolute atomic E-state index is 12.0. The highest BCUT2D eigenvalue weighted by atomic mass is 16.1. The molecule has 0 aromatic carbocycles. The Balaban J connectivity index is 1.91. The number of rotatable bonds is 6. The van der Waals surface area contributed by atoms with Crippen molar-refractivity contribution in [1.29, 1.82) is 0 Å². The van der Waals surface area contributed by atoms with Crippen molar-refractivity contribution in [3.05, 3.63) is 0 Å². The van der Waals surface area contributed by atoms with Crippen molar-refractivity contribution in [2.24, 2.45) is 17.6 Å². The molecule has 4 heteroatoms. The highest BCUT2D eigenvalue weighted by molar-refractivity contribution is 5.85. The van der Waals surface area contributed by atoms with Crippen LogP contribution in [-0.2, 0) is 4.79 Å². The predicted octanol–water partition coefficient (Wildman–Crippen LogP) is 1.74. The molecule has 20 heavy (non-hydrogen) atoms. The Bertz CT molecular complexity index is 334. The molecular weight excluding hydrogens is 250 g/mol. The van der Waals surface area contributed by atoms with E-state index < -0.39 is 5.54 Å². The smallest absolute Gasteiger partial charge is 0.238 e. The highest BCUT2D eigenvalue weighted by Crippen LogP contribution is 2.38. The number of carbonyl (C=O) groups excluding carboxylic acids is 1. The minimum Gasteiger partial charge on any atom is -0.368 e. The van der Waals surface area contributed by atoms with E-state index in [0.717, 1.165) is 44.7 Å². The third kappa shape index (κ3) is 3.34. The van der Waals surface area contributed by atoms with E-state index in [1.807, 2.05) is 0 Å². The molecule has 3 atom stereocenters. The fourth-order valence-electron chi connectivity index (χ4n) is 4.26. The number of hydrogen-bond donors (Lipinski definition) is 2. The number of piperidine rings is 1. The Kier molecular flexibility index (Phi) is 5.44. The van der Waals surface area contributed by atoms with Gasteiger partial charge in [-0.2, -0.15) is 0 Å². The molecule has 1 heterocycles. The Morgan fingerprint density at radius 1 is 1.40 bits per heavy atom. The van der Waals surface area contributed by atoms with Crippen LogP contribution in [0.5, 0.6) is 0 Å². The fourth-order valence-corrected chi connectivity index (χ4v) is 4.26. The number of nitrogens with two attached hydrogens (primary N) is 1. The van der Waals surface area contributed by atoms with Gasteiger partial charge in [0.05, 0.1) is 0 Å². The van der Waals surface area contributed by atoms with E-state index in [1.165, 1.54) is 25.9 Å². The van der Waals surface area contributed by atoms with Crippen molar-refractivity contribution in [1.82, 2.24) is 10.2 Å². The lowest BCUT2D eigenvalue weighted by Gasteiger charge is -2.36. The molecular formula is C16H31N3O. The highest BCUT2D eigenvalue weighted by Gasteiger charge is 2.46. The number of nitrogens with zero attached hydrogens (tertiary/aromatic N) is 1. The van der Waals surface area contributed by atoms with Crippen LogP contribution in [0.15, 0.2) is 0 Å². The first-order valence-corrected chi connectivity index (χ1v) is 8.35. The SMILES string of the molecule is CCNC1(C(N)=O)CCCC1CCN1CCCC(C)C1. The maximum atomic E-state index is 12.0. The quantitative estimate of drug-likeness (QED) is 0.780. The summed E-state index contributed by atoms with van der Waals surface area (Å²) in [6.07, 6.45) is 6.96. The van der Waals surface area contributed by atoms with E-state index in [1.54, 1.807) is 0 Å². The molecule has 1 aliphatic heterocycles. The summed E-state index contributed by atoms with van der Waals surface area (Å²) in [6.45, 7) is 8.79. The molecule has 0 aromatic heterocycles. The standard InChI is InChI=1S/C16H31N3O/c1-3-18-16(15(17)20)9-4-7-14(16)8-11-19-10-5-6-13(2)12-19/h13-14,18H,3-12H2,1-2H3,(H2,17,20). The molecule has 2 aliphatic rings. The summed E-state index contributed by atoms with van der Waals surface area (Å²) < 4.78 is 0. The summed E-state index contributed by atoms with van der Waals surface area (Å²) in [5.74, 6) is 1.09. The Morgan fingerprint density at radius 2 is 2.20 bits per heavy atom. The van der Waals surface area contributed by atoms with Gasteiger partial charge < -0.3 is 16.0 Å². The molecule has 3 N–H and O–H groups in total. The lowest BCUT2D eigenvalue weighted by Crippen LogP contribution is -2.58. The average molecular weight is 281 g/mol. The van der Waals surface area contributed by atoms with E-state index in [-0.39, 0.29) is 5.91 Å². The third-order valence-corrected chi connectivity index (χ3v) is 5.29. The first-order chi connectivity index (χ1) is 9.58. The van der Waals surface area contributed by atoms with Gasteiger partial charge in [0.1, 0.15) is 5.54 Å². The summed E-state index contributed by atoms with van der Waals surface area (Å²) in [5, 5.41) is 3.41. The molecule has 0 radical (unpaired) electrons. The molecule has 3 unspecified atom stereocenters. The van der Waals surface area contributed by atoms with Gasteiger partial charge in [0, 0.05) is 6.54 Å². The summed E-state index contributed by atoms with van der Waals surface area (Å²) in [4.78, 5) is 14.5. The number of carbonyl (C=O) groups is 1. The zero-order valence-electron chi connectivity index (χ0n) is 13.2. The Morgan fingerprint density at radius 3 is 2.85 bits per heavy atom. The molecule has 2 rings (SSSR count). The number of primary amides is 1. The number of amides is 1. The van der Waals surface area contributed by atoms with Crippen LogP contribution < -0.4 is 11.1 Å². The summed E-state index contributed by atoms with van der Waals surface area (Å²) in [6, 6.07) is 0. The minimum atomic E-state index is -0.434. The third-order valence-electron chi connectivity index (χ3n) is 5.29. The fraction of sp³-hybridized carbons (Fsp3) is 0.938. The topological polar surface area (TPSA) is 58.4 Å². The molecule has 116 valence electrons. The van der Waals surface area contributed by atoms with E-state index in [9.17, 15) is 4.79 Å². The first kappa shape index (κ1) is 15.8. The normalized spacial score (nSPS) is 35.3. The number of hydrogen-bond acceptors (Lipinski definition) is 3. The largest absolute Gasteiger partial charge is 0.368 e. The second-order valence-electron chi connectivity index (χ2n) is 6.79. The molecule has 0 aromatic rings. The Hall–Kier alpha value is -0.610. The maximum Gasteiger partial charge on any atom is 0.238 e.